The summed E-state index contributed by atoms with van der Waals surface area (Å²) in [5.74, 6) is 2.25. The van der Waals surface area contributed by atoms with Crippen LogP contribution in [0.5, 0.6) is 0 Å². The fraction of sp³-hybridized carbons (Fsp3) is 0.692. The molecule has 0 saturated heterocycles. The second-order valence-corrected chi connectivity index (χ2v) is 3.60. The highest BCUT2D eigenvalue weighted by molar-refractivity contribution is 8.02. The molecule has 0 bridgehead atoms. The Morgan fingerprint density at radius 2 is 1.64 bits per heavy atom. The van der Waals surface area contributed by atoms with Crippen molar-refractivity contribution < 1.29 is 0 Å². The van der Waals surface area contributed by atoms with Crippen LogP contribution in [-0.4, -0.2) is 6.26 Å². The van der Waals surface area contributed by atoms with Crippen molar-refractivity contribution in [2.45, 2.75) is 54.4 Å². The van der Waals surface area contributed by atoms with Crippen molar-refractivity contribution in [2.75, 3.05) is 6.26 Å². The van der Waals surface area contributed by atoms with E-state index in [0.717, 1.165) is 0 Å². The van der Waals surface area contributed by atoms with Gasteiger partial charge in [0, 0.05) is 0 Å². The second-order valence-electron chi connectivity index (χ2n) is 2.58. The number of thioether (sulfide) groups is 1. The Labute approximate surface area is 95.6 Å². The van der Waals surface area contributed by atoms with Crippen LogP contribution in [-0.2, 0) is 0 Å². The lowest BCUT2D eigenvalue weighted by Gasteiger charge is -2.01. The maximum Gasteiger partial charge on any atom is -0.00297 e. The summed E-state index contributed by atoms with van der Waals surface area (Å²) in [4.78, 5) is 1.48. The standard InChI is InChI=1S/C8H16S.C3H4.C2H6/c1-5-6-7(2)8(3)9-4;1-3-2;1-2/h5-6H2,1-4H3;1H,2H3;1-2H3/b8-7+;;. The molecule has 0 amide bonds. The summed E-state index contributed by atoms with van der Waals surface area (Å²) in [6.45, 7) is 12.3. The minimum absolute atomic E-state index is 1.26. The van der Waals surface area contributed by atoms with Gasteiger partial charge in [0.2, 0.25) is 0 Å². The Morgan fingerprint density at radius 3 is 1.86 bits per heavy atom. The Balaban J connectivity index is -0.000000205. The van der Waals surface area contributed by atoms with E-state index >= 15 is 0 Å². The zero-order valence-corrected chi connectivity index (χ0v) is 11.7. The van der Waals surface area contributed by atoms with E-state index in [4.69, 9.17) is 0 Å². The highest BCUT2D eigenvalue weighted by atomic mass is 32.2. The van der Waals surface area contributed by atoms with Crippen molar-refractivity contribution in [1.82, 2.24) is 0 Å². The molecule has 0 aromatic heterocycles. The molecule has 0 atom stereocenters. The third-order valence-electron chi connectivity index (χ3n) is 1.53. The van der Waals surface area contributed by atoms with E-state index in [1.807, 2.05) is 25.6 Å². The lowest BCUT2D eigenvalue weighted by atomic mass is 10.2. The van der Waals surface area contributed by atoms with Crippen molar-refractivity contribution in [1.29, 1.82) is 0 Å². The zero-order chi connectivity index (χ0) is 12.0. The van der Waals surface area contributed by atoms with Crippen LogP contribution < -0.4 is 0 Å². The summed E-state index contributed by atoms with van der Waals surface area (Å²) in [6.07, 6.45) is 9.25. The third kappa shape index (κ3) is 17.7. The molecule has 0 unspecified atom stereocenters. The molecular weight excluding hydrogens is 188 g/mol. The fourth-order valence-electron chi connectivity index (χ4n) is 0.725. The van der Waals surface area contributed by atoms with Gasteiger partial charge in [0.05, 0.1) is 0 Å². The number of terminal acetylenes is 1. The van der Waals surface area contributed by atoms with Crippen LogP contribution in [0.15, 0.2) is 10.5 Å². The molecule has 0 aromatic carbocycles. The molecule has 0 rings (SSSR count). The topological polar surface area (TPSA) is 0 Å². The van der Waals surface area contributed by atoms with Gasteiger partial charge in [0.25, 0.3) is 0 Å². The lowest BCUT2D eigenvalue weighted by Crippen LogP contribution is -1.78. The normalized spacial score (nSPS) is 9.57. The SMILES string of the molecule is C#CC.CC.CCC/C(C)=C(\C)SC. The van der Waals surface area contributed by atoms with Gasteiger partial charge < -0.3 is 0 Å². The van der Waals surface area contributed by atoms with Gasteiger partial charge in [-0.3, -0.25) is 0 Å². The quantitative estimate of drug-likeness (QED) is 0.588. The molecule has 0 nitrogen and oxygen atoms in total. The average Bonchev–Trinajstić information content (AvgIpc) is 2.21. The number of hydrogen-bond donors (Lipinski definition) is 0. The van der Waals surface area contributed by atoms with Gasteiger partial charge in [-0.05, 0) is 38.4 Å². The lowest BCUT2D eigenvalue weighted by molar-refractivity contribution is 0.900. The first kappa shape index (κ1) is 19.3. The van der Waals surface area contributed by atoms with Gasteiger partial charge in [-0.2, -0.15) is 0 Å². The molecule has 1 heteroatoms. The zero-order valence-electron chi connectivity index (χ0n) is 10.9. The first-order valence-electron chi connectivity index (χ1n) is 5.21. The summed E-state index contributed by atoms with van der Waals surface area (Å²) < 4.78 is 0. The Bertz CT molecular complexity index is 161. The van der Waals surface area contributed by atoms with E-state index in [1.54, 1.807) is 12.5 Å². The number of hydrogen-bond acceptors (Lipinski definition) is 1. The van der Waals surface area contributed by atoms with Crippen LogP contribution in [0.25, 0.3) is 0 Å². The summed E-state index contributed by atoms with van der Waals surface area (Å²) in [5.41, 5.74) is 1.55. The van der Waals surface area contributed by atoms with Gasteiger partial charge in [-0.15, -0.1) is 24.1 Å². The van der Waals surface area contributed by atoms with Crippen LogP contribution in [0.2, 0.25) is 0 Å². The fourth-order valence-corrected chi connectivity index (χ4v) is 1.18. The summed E-state index contributed by atoms with van der Waals surface area (Å²) in [7, 11) is 0. The summed E-state index contributed by atoms with van der Waals surface area (Å²) in [6, 6.07) is 0. The minimum atomic E-state index is 1.26. The summed E-state index contributed by atoms with van der Waals surface area (Å²) in [5, 5.41) is 0. The van der Waals surface area contributed by atoms with Crippen LogP contribution in [0, 0.1) is 12.3 Å². The van der Waals surface area contributed by atoms with Gasteiger partial charge in [0.1, 0.15) is 0 Å². The molecule has 0 saturated carbocycles. The molecule has 0 aliphatic heterocycles. The molecule has 0 heterocycles. The van der Waals surface area contributed by atoms with Crippen molar-refractivity contribution in [3.05, 3.63) is 10.5 Å². The first-order chi connectivity index (χ1) is 6.63. The molecule has 0 aliphatic carbocycles. The predicted octanol–water partition coefficient (Wildman–Crippen LogP) is 5.11. The minimum Gasteiger partial charge on any atom is -0.134 e. The van der Waals surface area contributed by atoms with Crippen molar-refractivity contribution in [3.63, 3.8) is 0 Å². The molecule has 84 valence electrons. The maximum atomic E-state index is 4.60. The van der Waals surface area contributed by atoms with Crippen LogP contribution in [0.3, 0.4) is 0 Å². The van der Waals surface area contributed by atoms with Crippen molar-refractivity contribution in [3.8, 4) is 12.3 Å². The summed E-state index contributed by atoms with van der Waals surface area (Å²) >= 11 is 1.85. The van der Waals surface area contributed by atoms with Crippen LogP contribution in [0.1, 0.15) is 54.4 Å². The Morgan fingerprint density at radius 1 is 1.29 bits per heavy atom. The molecular formula is C13H26S. The Kier molecular flexibility index (Phi) is 25.4. The molecule has 0 spiro atoms. The number of rotatable bonds is 3. The molecule has 0 fully saturated rings. The smallest absolute Gasteiger partial charge is 0.00297 e. The third-order valence-corrected chi connectivity index (χ3v) is 2.49. The first-order valence-corrected chi connectivity index (χ1v) is 6.44. The van der Waals surface area contributed by atoms with E-state index in [0.29, 0.717) is 0 Å². The molecule has 0 aromatic rings. The van der Waals surface area contributed by atoms with E-state index < -0.39 is 0 Å². The Hall–Kier alpha value is -0.350. The van der Waals surface area contributed by atoms with Gasteiger partial charge >= 0.3 is 0 Å². The van der Waals surface area contributed by atoms with Crippen LogP contribution in [0.4, 0.5) is 0 Å². The van der Waals surface area contributed by atoms with Gasteiger partial charge in [-0.25, -0.2) is 0 Å². The monoisotopic (exact) mass is 214 g/mol. The molecule has 0 radical (unpaired) electrons. The van der Waals surface area contributed by atoms with E-state index in [9.17, 15) is 0 Å². The average molecular weight is 214 g/mol. The molecule has 14 heavy (non-hydrogen) atoms. The highest BCUT2D eigenvalue weighted by Crippen LogP contribution is 2.18. The van der Waals surface area contributed by atoms with Crippen LogP contribution >= 0.6 is 11.8 Å². The largest absolute Gasteiger partial charge is 0.134 e. The number of allylic oxidation sites excluding steroid dienone is 2. The second kappa shape index (κ2) is 18.4. The van der Waals surface area contributed by atoms with Crippen molar-refractivity contribution in [2.24, 2.45) is 0 Å². The highest BCUT2D eigenvalue weighted by Gasteiger charge is 1.91. The van der Waals surface area contributed by atoms with E-state index in [2.05, 4.69) is 39.4 Å². The van der Waals surface area contributed by atoms with E-state index in [-0.39, 0.29) is 0 Å². The predicted molar refractivity (Wildman–Crippen MR) is 72.7 cm³/mol. The van der Waals surface area contributed by atoms with Gasteiger partial charge in [-0.1, -0.05) is 32.8 Å². The van der Waals surface area contributed by atoms with Crippen molar-refractivity contribution >= 4 is 11.8 Å². The molecule has 0 aliphatic rings. The van der Waals surface area contributed by atoms with Gasteiger partial charge in [0.15, 0.2) is 0 Å². The molecule has 0 N–H and O–H groups in total. The van der Waals surface area contributed by atoms with E-state index in [1.165, 1.54) is 17.7 Å². The maximum absolute atomic E-state index is 4.60.